The highest BCUT2D eigenvalue weighted by molar-refractivity contribution is 5.82. The fourth-order valence-electron chi connectivity index (χ4n) is 6.77. The quantitative estimate of drug-likeness (QED) is 0.547. The number of nitrogens with zero attached hydrogens (tertiary/aromatic N) is 1. The van der Waals surface area contributed by atoms with Crippen LogP contribution in [0, 0.1) is 11.3 Å². The Labute approximate surface area is 206 Å². The smallest absolute Gasteiger partial charge is 0.252 e. The van der Waals surface area contributed by atoms with E-state index < -0.39 is 0 Å². The summed E-state index contributed by atoms with van der Waals surface area (Å²) in [5, 5.41) is 4.45. The Morgan fingerprint density at radius 2 is 1.69 bits per heavy atom. The summed E-state index contributed by atoms with van der Waals surface area (Å²) in [6.07, 6.45) is 7.91. The van der Waals surface area contributed by atoms with Crippen molar-refractivity contribution in [3.05, 3.63) is 82.1 Å². The van der Waals surface area contributed by atoms with Gasteiger partial charge in [0.15, 0.2) is 0 Å². The molecule has 2 heterocycles. The van der Waals surface area contributed by atoms with Gasteiger partial charge in [-0.1, -0.05) is 61.4 Å². The lowest BCUT2D eigenvalue weighted by atomic mass is 9.78. The highest BCUT2D eigenvalue weighted by Crippen LogP contribution is 2.59. The van der Waals surface area contributed by atoms with E-state index in [9.17, 15) is 9.59 Å². The molecule has 5 heteroatoms. The molecule has 35 heavy (non-hydrogen) atoms. The fraction of sp³-hybridized carbons (Fsp3) is 0.467. The van der Waals surface area contributed by atoms with Crippen LogP contribution in [0.4, 0.5) is 0 Å². The summed E-state index contributed by atoms with van der Waals surface area (Å²) in [5.41, 5.74) is 3.37. The molecular weight excluding hydrogens is 434 g/mol. The molecule has 3 aromatic rings. The summed E-state index contributed by atoms with van der Waals surface area (Å²) in [4.78, 5) is 31.1. The van der Waals surface area contributed by atoms with Crippen molar-refractivity contribution in [1.82, 2.24) is 15.2 Å². The van der Waals surface area contributed by atoms with Crippen LogP contribution in [0.5, 0.6) is 0 Å². The molecule has 3 fully saturated rings. The Hall–Kier alpha value is -2.92. The van der Waals surface area contributed by atoms with Crippen LogP contribution in [0.3, 0.4) is 0 Å². The summed E-state index contributed by atoms with van der Waals surface area (Å²) in [6.45, 7) is 3.33. The zero-order chi connectivity index (χ0) is 23.9. The Balaban J connectivity index is 1.05. The van der Waals surface area contributed by atoms with Crippen LogP contribution in [0.25, 0.3) is 10.9 Å². The molecule has 2 N–H and O–H groups in total. The minimum absolute atomic E-state index is 0.00641. The van der Waals surface area contributed by atoms with Gasteiger partial charge in [-0.3, -0.25) is 14.5 Å². The number of rotatable bonds is 6. The molecule has 6 rings (SSSR count). The second-order valence-corrected chi connectivity index (χ2v) is 11.2. The molecule has 1 unspecified atom stereocenters. The molecule has 1 aliphatic heterocycles. The number of hydrogen-bond donors (Lipinski definition) is 2. The number of carbonyl (C=O) groups excluding carboxylic acids is 1. The molecule has 1 saturated heterocycles. The molecule has 2 saturated carbocycles. The van der Waals surface area contributed by atoms with E-state index in [2.05, 4.69) is 45.5 Å². The van der Waals surface area contributed by atoms with Crippen LogP contribution >= 0.6 is 0 Å². The summed E-state index contributed by atoms with van der Waals surface area (Å²) >= 11 is 0. The molecule has 182 valence electrons. The van der Waals surface area contributed by atoms with Crippen LogP contribution < -0.4 is 10.9 Å². The molecule has 1 amide bonds. The third-order valence-electron chi connectivity index (χ3n) is 9.13. The maximum Gasteiger partial charge on any atom is 0.252 e. The minimum Gasteiger partial charge on any atom is -0.355 e. The third-order valence-corrected chi connectivity index (χ3v) is 9.13. The number of aromatic amines is 1. The van der Waals surface area contributed by atoms with Crippen LogP contribution in [-0.2, 0) is 16.8 Å². The number of amides is 1. The summed E-state index contributed by atoms with van der Waals surface area (Å²) < 4.78 is 0. The molecular formula is C30H35N3O2. The number of benzene rings is 2. The Morgan fingerprint density at radius 1 is 0.971 bits per heavy atom. The van der Waals surface area contributed by atoms with Gasteiger partial charge in [-0.15, -0.1) is 0 Å². The lowest BCUT2D eigenvalue weighted by Crippen LogP contribution is -2.41. The summed E-state index contributed by atoms with van der Waals surface area (Å²) in [7, 11) is 0. The largest absolute Gasteiger partial charge is 0.355 e. The summed E-state index contributed by atoms with van der Waals surface area (Å²) in [5.74, 6) is 0.412. The Morgan fingerprint density at radius 3 is 2.46 bits per heavy atom. The molecule has 2 aliphatic carbocycles. The van der Waals surface area contributed by atoms with Gasteiger partial charge in [0.05, 0.1) is 0 Å². The van der Waals surface area contributed by atoms with E-state index in [-0.39, 0.29) is 28.2 Å². The zero-order valence-corrected chi connectivity index (χ0v) is 20.4. The van der Waals surface area contributed by atoms with Crippen molar-refractivity contribution >= 4 is 16.8 Å². The molecule has 0 bridgehead atoms. The number of carbonyl (C=O) groups is 1. The lowest BCUT2D eigenvalue weighted by molar-refractivity contribution is -0.123. The van der Waals surface area contributed by atoms with Gasteiger partial charge in [0, 0.05) is 35.5 Å². The van der Waals surface area contributed by atoms with Crippen molar-refractivity contribution in [2.75, 3.05) is 19.6 Å². The van der Waals surface area contributed by atoms with E-state index in [0.717, 1.165) is 68.2 Å². The normalized spacial score (nSPS) is 22.9. The second kappa shape index (κ2) is 8.94. The number of para-hydroxylation sites is 1. The van der Waals surface area contributed by atoms with Crippen molar-refractivity contribution < 1.29 is 4.79 Å². The first-order valence-electron chi connectivity index (χ1n) is 13.2. The average molecular weight is 470 g/mol. The molecule has 1 aromatic heterocycles. The van der Waals surface area contributed by atoms with Crippen molar-refractivity contribution in [2.24, 2.45) is 11.3 Å². The predicted molar refractivity (Wildman–Crippen MR) is 139 cm³/mol. The molecule has 2 aromatic carbocycles. The molecule has 3 aliphatic rings. The number of hydrogen-bond acceptors (Lipinski definition) is 3. The van der Waals surface area contributed by atoms with Crippen molar-refractivity contribution in [2.45, 2.75) is 56.9 Å². The van der Waals surface area contributed by atoms with Gasteiger partial charge in [-0.05, 0) is 73.7 Å². The first-order valence-corrected chi connectivity index (χ1v) is 13.2. The van der Waals surface area contributed by atoms with E-state index in [0.29, 0.717) is 6.54 Å². The number of H-pyrrole nitrogens is 1. The standard InChI is InChI=1S/C30H35N3O2/c34-27-23(18-22-8-4-5-11-26(22)32-27)20-33-16-14-29(15-17-33)19-25(29)28(35)31-21-30(12-6-7-13-30)24-9-2-1-3-10-24/h1-5,8-11,18,25H,6-7,12-17,19-21H2,(H,31,35)(H,32,34). The van der Waals surface area contributed by atoms with Gasteiger partial charge in [0.2, 0.25) is 5.91 Å². The van der Waals surface area contributed by atoms with Crippen LogP contribution in [0.15, 0.2) is 65.5 Å². The zero-order valence-electron chi connectivity index (χ0n) is 20.4. The maximum absolute atomic E-state index is 13.2. The number of pyridine rings is 1. The second-order valence-electron chi connectivity index (χ2n) is 11.2. The maximum atomic E-state index is 13.2. The highest BCUT2D eigenvalue weighted by Gasteiger charge is 2.58. The number of nitrogens with one attached hydrogen (secondary N) is 2. The Bertz CT molecular complexity index is 1270. The molecule has 0 radical (unpaired) electrons. The topological polar surface area (TPSA) is 65.2 Å². The van der Waals surface area contributed by atoms with Gasteiger partial charge in [-0.2, -0.15) is 0 Å². The van der Waals surface area contributed by atoms with Gasteiger partial charge < -0.3 is 10.3 Å². The van der Waals surface area contributed by atoms with E-state index >= 15 is 0 Å². The van der Waals surface area contributed by atoms with Gasteiger partial charge >= 0.3 is 0 Å². The van der Waals surface area contributed by atoms with Crippen molar-refractivity contribution in [1.29, 1.82) is 0 Å². The van der Waals surface area contributed by atoms with E-state index in [1.54, 1.807) is 0 Å². The monoisotopic (exact) mass is 469 g/mol. The third kappa shape index (κ3) is 4.31. The van der Waals surface area contributed by atoms with Crippen LogP contribution in [0.1, 0.15) is 56.1 Å². The number of fused-ring (bicyclic) bond motifs is 1. The minimum atomic E-state index is 0.00641. The molecule has 1 atom stereocenters. The average Bonchev–Trinajstić information content (AvgIpc) is 3.37. The van der Waals surface area contributed by atoms with Crippen LogP contribution in [0.2, 0.25) is 0 Å². The Kier molecular flexibility index (Phi) is 5.76. The fourth-order valence-corrected chi connectivity index (χ4v) is 6.77. The lowest BCUT2D eigenvalue weighted by Gasteiger charge is -2.33. The number of aromatic nitrogens is 1. The SMILES string of the molecule is O=C(NCC1(c2ccccc2)CCCC1)C1CC12CCN(Cc1cc3ccccc3[nH]c1=O)CC2. The first kappa shape index (κ1) is 22.5. The number of piperidine rings is 1. The molecule has 1 spiro atoms. The first-order chi connectivity index (χ1) is 17.1. The van der Waals surface area contributed by atoms with Gasteiger partial charge in [0.1, 0.15) is 0 Å². The number of likely N-dealkylation sites (tertiary alicyclic amines) is 1. The molecule has 5 nitrogen and oxygen atoms in total. The van der Waals surface area contributed by atoms with E-state index in [1.165, 1.54) is 18.4 Å². The predicted octanol–water partition coefficient (Wildman–Crippen LogP) is 4.76. The van der Waals surface area contributed by atoms with Crippen molar-refractivity contribution in [3.8, 4) is 0 Å². The van der Waals surface area contributed by atoms with Gasteiger partial charge in [0.25, 0.3) is 5.56 Å². The van der Waals surface area contributed by atoms with Gasteiger partial charge in [-0.25, -0.2) is 0 Å². The van der Waals surface area contributed by atoms with E-state index in [4.69, 9.17) is 0 Å². The highest BCUT2D eigenvalue weighted by atomic mass is 16.2. The summed E-state index contributed by atoms with van der Waals surface area (Å²) in [6, 6.07) is 20.7. The van der Waals surface area contributed by atoms with E-state index in [1.807, 2.05) is 30.3 Å². The van der Waals surface area contributed by atoms with Crippen molar-refractivity contribution in [3.63, 3.8) is 0 Å². The van der Waals surface area contributed by atoms with Crippen LogP contribution in [-0.4, -0.2) is 35.4 Å².